The summed E-state index contributed by atoms with van der Waals surface area (Å²) in [6.45, 7) is 1.04. The van der Waals surface area contributed by atoms with Crippen LogP contribution < -0.4 is 0 Å². The molecule has 0 aromatic rings. The van der Waals surface area contributed by atoms with Crippen LogP contribution in [0, 0.1) is 23.7 Å². The van der Waals surface area contributed by atoms with Gasteiger partial charge < -0.3 is 9.84 Å². The smallest absolute Gasteiger partial charge is 0.0631 e. The zero-order valence-corrected chi connectivity index (χ0v) is 9.40. The Morgan fingerprint density at radius 3 is 2.07 bits per heavy atom. The summed E-state index contributed by atoms with van der Waals surface area (Å²) in [6, 6.07) is 0. The fourth-order valence-corrected chi connectivity index (χ4v) is 4.43. The van der Waals surface area contributed by atoms with Crippen molar-refractivity contribution in [3.05, 3.63) is 0 Å². The highest BCUT2D eigenvalue weighted by atomic mass is 16.5. The van der Waals surface area contributed by atoms with E-state index in [1.165, 1.54) is 32.1 Å². The molecular formula is C13H22O2. The van der Waals surface area contributed by atoms with Crippen LogP contribution in [0.25, 0.3) is 0 Å². The topological polar surface area (TPSA) is 29.5 Å². The highest BCUT2D eigenvalue weighted by Crippen LogP contribution is 2.54. The van der Waals surface area contributed by atoms with Gasteiger partial charge in [-0.15, -0.1) is 0 Å². The van der Waals surface area contributed by atoms with Gasteiger partial charge in [0.1, 0.15) is 0 Å². The van der Waals surface area contributed by atoms with E-state index < -0.39 is 0 Å². The average Bonchev–Trinajstić information content (AvgIpc) is 2.21. The molecule has 4 fully saturated rings. The molecule has 4 aliphatic rings. The van der Waals surface area contributed by atoms with Gasteiger partial charge in [0.25, 0.3) is 0 Å². The molecule has 4 aliphatic carbocycles. The third-order valence-corrected chi connectivity index (χ3v) is 4.75. The van der Waals surface area contributed by atoms with Crippen molar-refractivity contribution >= 4 is 0 Å². The molecule has 0 heterocycles. The van der Waals surface area contributed by atoms with E-state index in [0.29, 0.717) is 6.10 Å². The molecule has 2 heteroatoms. The number of aliphatic hydroxyl groups is 1. The Kier molecular flexibility index (Phi) is 2.73. The van der Waals surface area contributed by atoms with Crippen LogP contribution in [-0.4, -0.2) is 24.4 Å². The average molecular weight is 210 g/mol. The number of ether oxygens (including phenoxy) is 1. The van der Waals surface area contributed by atoms with Gasteiger partial charge in [-0.25, -0.2) is 0 Å². The summed E-state index contributed by atoms with van der Waals surface area (Å²) >= 11 is 0. The lowest BCUT2D eigenvalue weighted by molar-refractivity contribution is -0.127. The molecule has 0 aliphatic heterocycles. The second kappa shape index (κ2) is 4.06. The molecule has 0 spiro atoms. The summed E-state index contributed by atoms with van der Waals surface area (Å²) < 4.78 is 6.00. The minimum atomic E-state index is 0.271. The summed E-state index contributed by atoms with van der Waals surface area (Å²) in [6.07, 6.45) is 8.57. The van der Waals surface area contributed by atoms with Crippen LogP contribution in [0.15, 0.2) is 0 Å². The van der Waals surface area contributed by atoms with Crippen LogP contribution in [0.2, 0.25) is 0 Å². The summed E-state index contributed by atoms with van der Waals surface area (Å²) in [5.74, 6) is 3.79. The molecule has 4 saturated carbocycles. The van der Waals surface area contributed by atoms with Gasteiger partial charge in [0.15, 0.2) is 0 Å². The Hall–Kier alpha value is -0.0800. The van der Waals surface area contributed by atoms with Gasteiger partial charge >= 0.3 is 0 Å². The maximum Gasteiger partial charge on any atom is 0.0631 e. The fraction of sp³-hybridized carbons (Fsp3) is 1.00. The van der Waals surface area contributed by atoms with Crippen LogP contribution in [0.3, 0.4) is 0 Å². The molecule has 0 atom stereocenters. The van der Waals surface area contributed by atoms with Crippen molar-refractivity contribution in [3.63, 3.8) is 0 Å². The predicted molar refractivity (Wildman–Crippen MR) is 58.5 cm³/mol. The Morgan fingerprint density at radius 1 is 0.933 bits per heavy atom. The predicted octanol–water partition coefficient (Wildman–Crippen LogP) is 2.21. The molecule has 15 heavy (non-hydrogen) atoms. The first-order valence-corrected chi connectivity index (χ1v) is 6.59. The first-order valence-electron chi connectivity index (χ1n) is 6.59. The summed E-state index contributed by atoms with van der Waals surface area (Å²) in [5.41, 5.74) is 0. The molecule has 4 bridgehead atoms. The first kappa shape index (κ1) is 10.1. The molecule has 4 rings (SSSR count). The summed E-state index contributed by atoms with van der Waals surface area (Å²) in [4.78, 5) is 0. The highest BCUT2D eigenvalue weighted by molar-refractivity contribution is 4.98. The molecule has 0 unspecified atom stereocenters. The molecular weight excluding hydrogens is 188 g/mol. The van der Waals surface area contributed by atoms with E-state index in [1.807, 2.05) is 0 Å². The van der Waals surface area contributed by atoms with E-state index in [4.69, 9.17) is 9.84 Å². The zero-order valence-electron chi connectivity index (χ0n) is 9.40. The van der Waals surface area contributed by atoms with Crippen molar-refractivity contribution in [1.29, 1.82) is 0 Å². The molecule has 0 aromatic carbocycles. The Labute approximate surface area is 92.0 Å². The Balaban J connectivity index is 1.60. The lowest BCUT2D eigenvalue weighted by Gasteiger charge is -2.54. The summed E-state index contributed by atoms with van der Waals surface area (Å²) in [7, 11) is 0. The Morgan fingerprint density at radius 2 is 1.53 bits per heavy atom. The van der Waals surface area contributed by atoms with Gasteiger partial charge in [-0.2, -0.15) is 0 Å². The maximum atomic E-state index is 8.77. The largest absolute Gasteiger partial charge is 0.396 e. The SMILES string of the molecule is OCCCOC1C2CC3CC(C2)CC1C3. The molecule has 2 nitrogen and oxygen atoms in total. The molecule has 1 N–H and O–H groups in total. The van der Waals surface area contributed by atoms with E-state index in [2.05, 4.69) is 0 Å². The van der Waals surface area contributed by atoms with Gasteiger partial charge in [-0.3, -0.25) is 0 Å². The van der Waals surface area contributed by atoms with Crippen LogP contribution in [0.4, 0.5) is 0 Å². The molecule has 0 amide bonds. The van der Waals surface area contributed by atoms with E-state index in [9.17, 15) is 0 Å². The van der Waals surface area contributed by atoms with Crippen molar-refractivity contribution in [3.8, 4) is 0 Å². The zero-order chi connectivity index (χ0) is 10.3. The number of hydrogen-bond donors (Lipinski definition) is 1. The Bertz CT molecular complexity index is 199. The van der Waals surface area contributed by atoms with Gasteiger partial charge in [-0.1, -0.05) is 0 Å². The van der Waals surface area contributed by atoms with Gasteiger partial charge in [0.05, 0.1) is 6.10 Å². The summed E-state index contributed by atoms with van der Waals surface area (Å²) in [5, 5.41) is 8.77. The number of rotatable bonds is 4. The van der Waals surface area contributed by atoms with Gasteiger partial charge in [0, 0.05) is 13.2 Å². The number of hydrogen-bond acceptors (Lipinski definition) is 2. The van der Waals surface area contributed by atoms with Crippen molar-refractivity contribution in [1.82, 2.24) is 0 Å². The molecule has 86 valence electrons. The lowest BCUT2D eigenvalue weighted by atomic mass is 9.55. The maximum absolute atomic E-state index is 8.77. The molecule has 0 aromatic heterocycles. The van der Waals surface area contributed by atoms with Gasteiger partial charge in [0.2, 0.25) is 0 Å². The fourth-order valence-electron chi connectivity index (χ4n) is 4.43. The standard InChI is InChI=1S/C13H22O2/c14-2-1-3-15-13-11-5-9-4-10(7-11)8-12(13)6-9/h9-14H,1-8H2. The van der Waals surface area contributed by atoms with E-state index >= 15 is 0 Å². The van der Waals surface area contributed by atoms with Crippen LogP contribution in [-0.2, 0) is 4.74 Å². The normalized spacial score (nSPS) is 47.4. The van der Waals surface area contributed by atoms with Crippen LogP contribution in [0.5, 0.6) is 0 Å². The van der Waals surface area contributed by atoms with E-state index in [0.717, 1.165) is 36.7 Å². The van der Waals surface area contributed by atoms with Crippen molar-refractivity contribution < 1.29 is 9.84 Å². The van der Waals surface area contributed by atoms with Crippen molar-refractivity contribution in [2.24, 2.45) is 23.7 Å². The second-order valence-corrected chi connectivity index (χ2v) is 5.84. The number of aliphatic hydroxyl groups excluding tert-OH is 1. The molecule has 0 radical (unpaired) electrons. The van der Waals surface area contributed by atoms with E-state index in [1.54, 1.807) is 0 Å². The van der Waals surface area contributed by atoms with Crippen molar-refractivity contribution in [2.45, 2.75) is 44.6 Å². The third-order valence-electron chi connectivity index (χ3n) is 4.75. The third kappa shape index (κ3) is 1.83. The first-order chi connectivity index (χ1) is 7.36. The molecule has 0 saturated heterocycles. The monoisotopic (exact) mass is 210 g/mol. The van der Waals surface area contributed by atoms with Crippen LogP contribution in [0.1, 0.15) is 38.5 Å². The van der Waals surface area contributed by atoms with E-state index in [-0.39, 0.29) is 6.61 Å². The highest BCUT2D eigenvalue weighted by Gasteiger charge is 2.48. The quantitative estimate of drug-likeness (QED) is 0.721. The minimum absolute atomic E-state index is 0.271. The van der Waals surface area contributed by atoms with Crippen LogP contribution >= 0.6 is 0 Å². The lowest BCUT2D eigenvalue weighted by Crippen LogP contribution is -2.49. The minimum Gasteiger partial charge on any atom is -0.396 e. The second-order valence-electron chi connectivity index (χ2n) is 5.84. The van der Waals surface area contributed by atoms with Gasteiger partial charge in [-0.05, 0) is 62.2 Å². The van der Waals surface area contributed by atoms with Crippen molar-refractivity contribution in [2.75, 3.05) is 13.2 Å².